The van der Waals surface area contributed by atoms with Gasteiger partial charge in [0.05, 0.1) is 18.4 Å². The van der Waals surface area contributed by atoms with Gasteiger partial charge in [-0.25, -0.2) is 11.6 Å². The van der Waals surface area contributed by atoms with Gasteiger partial charge in [-0.3, -0.25) is 0 Å². The Bertz CT molecular complexity index is 614. The van der Waals surface area contributed by atoms with Crippen molar-refractivity contribution in [3.63, 3.8) is 0 Å². The van der Waals surface area contributed by atoms with Crippen LogP contribution in [0.4, 0.5) is 0 Å². The lowest BCUT2D eigenvalue weighted by Gasteiger charge is -2.42. The van der Waals surface area contributed by atoms with E-state index in [1.165, 1.54) is 5.57 Å². The van der Waals surface area contributed by atoms with Crippen LogP contribution in [0.5, 0.6) is 5.88 Å². The zero-order valence-corrected chi connectivity index (χ0v) is 12.3. The van der Waals surface area contributed by atoms with Crippen molar-refractivity contribution in [3.05, 3.63) is 46.5 Å². The Labute approximate surface area is 120 Å². The predicted molar refractivity (Wildman–Crippen MR) is 78.4 cm³/mol. The van der Waals surface area contributed by atoms with Crippen LogP contribution >= 0.6 is 0 Å². The van der Waals surface area contributed by atoms with Gasteiger partial charge in [0.15, 0.2) is 0 Å². The van der Waals surface area contributed by atoms with E-state index in [2.05, 4.69) is 35.8 Å². The first-order chi connectivity index (χ1) is 9.64. The van der Waals surface area contributed by atoms with Crippen molar-refractivity contribution in [1.82, 2.24) is 4.98 Å². The third-order valence-electron chi connectivity index (χ3n) is 4.79. The summed E-state index contributed by atoms with van der Waals surface area (Å²) in [4.78, 5) is 8.71. The summed E-state index contributed by atoms with van der Waals surface area (Å²) in [7, 11) is 1.64. The van der Waals surface area contributed by atoms with Crippen LogP contribution in [0.15, 0.2) is 23.8 Å². The van der Waals surface area contributed by atoms with Gasteiger partial charge in [0.2, 0.25) is 5.88 Å². The molecule has 2 aliphatic carbocycles. The molecule has 3 rings (SSSR count). The molecule has 3 atom stereocenters. The molecule has 3 nitrogen and oxygen atoms in total. The third kappa shape index (κ3) is 1.67. The molecule has 1 aromatic heterocycles. The van der Waals surface area contributed by atoms with Gasteiger partial charge in [-0.05, 0) is 37.7 Å². The molecule has 0 aliphatic heterocycles. The highest BCUT2D eigenvalue weighted by Gasteiger charge is 2.54. The maximum Gasteiger partial charge on any atom is 0.280 e. The highest BCUT2D eigenvalue weighted by atomic mass is 16.5. The van der Waals surface area contributed by atoms with Crippen LogP contribution in [-0.4, -0.2) is 12.1 Å². The maximum absolute atomic E-state index is 7.85. The van der Waals surface area contributed by atoms with E-state index in [9.17, 15) is 0 Å². The molecule has 0 spiro atoms. The van der Waals surface area contributed by atoms with E-state index >= 15 is 0 Å². The fourth-order valence-corrected chi connectivity index (χ4v) is 4.12. The monoisotopic (exact) mass is 268 g/mol. The van der Waals surface area contributed by atoms with E-state index in [0.717, 1.165) is 30.5 Å². The number of pyridine rings is 1. The first-order valence-corrected chi connectivity index (χ1v) is 7.24. The second kappa shape index (κ2) is 4.63. The fraction of sp³-hybridized carbons (Fsp3) is 0.529. The fourth-order valence-electron chi connectivity index (χ4n) is 4.12. The average Bonchev–Trinajstić information content (AvgIpc) is 2.45. The first kappa shape index (κ1) is 13.2. The number of methoxy groups -OCH3 is 1. The van der Waals surface area contributed by atoms with Crippen LogP contribution in [0.3, 0.4) is 0 Å². The second-order valence-corrected chi connectivity index (χ2v) is 6.01. The molecule has 20 heavy (non-hydrogen) atoms. The minimum Gasteiger partial charge on any atom is -0.481 e. The van der Waals surface area contributed by atoms with Gasteiger partial charge < -0.3 is 9.58 Å². The van der Waals surface area contributed by atoms with Crippen molar-refractivity contribution < 1.29 is 4.74 Å². The minimum absolute atomic E-state index is 0.463. The van der Waals surface area contributed by atoms with Crippen LogP contribution in [0, 0.1) is 18.4 Å². The molecule has 0 amide bonds. The number of aromatic nitrogens is 1. The molecule has 2 bridgehead atoms. The lowest BCUT2D eigenvalue weighted by molar-refractivity contribution is 0.258. The normalized spacial score (nSPS) is 33.4. The molecular weight excluding hydrogens is 248 g/mol. The first-order valence-electron chi connectivity index (χ1n) is 7.24. The number of rotatable bonds is 1. The highest BCUT2D eigenvalue weighted by Crippen LogP contribution is 2.54. The quantitative estimate of drug-likeness (QED) is 0.573. The summed E-state index contributed by atoms with van der Waals surface area (Å²) < 4.78 is 5.24. The number of nitrogens with zero attached hydrogens (tertiary/aromatic N) is 2. The molecule has 1 fully saturated rings. The Morgan fingerprint density at radius 3 is 2.95 bits per heavy atom. The molecule has 104 valence electrons. The van der Waals surface area contributed by atoms with Crippen LogP contribution in [0.1, 0.15) is 37.9 Å². The summed E-state index contributed by atoms with van der Waals surface area (Å²) >= 11 is 0. The minimum atomic E-state index is -0.482. The molecule has 2 aliphatic rings. The Morgan fingerprint density at radius 2 is 2.30 bits per heavy atom. The SMILES string of the molecule is [C-]#[N+]C12C[C@@H](C)C[C@H](Cc3nc(OC)ccc31)C2=CC. The standard InChI is InChI=1S/C17H20N2O/c1-5-13-12-8-11(2)10-17(13,18-3)14-6-7-16(20-4)19-15(14)9-12/h5-7,11-12H,8-10H2,1-2,4H3/t11-,12+,17?/m0/s1. The summed E-state index contributed by atoms with van der Waals surface area (Å²) in [5.74, 6) is 1.71. The lowest BCUT2D eigenvalue weighted by Crippen LogP contribution is -2.42. The summed E-state index contributed by atoms with van der Waals surface area (Å²) in [6, 6.07) is 3.94. The molecular formula is C17H20N2O. The van der Waals surface area contributed by atoms with Crippen molar-refractivity contribution in [3.8, 4) is 5.88 Å². The number of fused-ring (bicyclic) bond motifs is 4. The van der Waals surface area contributed by atoms with E-state index in [0.29, 0.717) is 17.7 Å². The van der Waals surface area contributed by atoms with Crippen LogP contribution in [-0.2, 0) is 12.0 Å². The molecule has 0 aromatic carbocycles. The van der Waals surface area contributed by atoms with E-state index < -0.39 is 5.54 Å². The molecule has 0 radical (unpaired) electrons. The number of ether oxygens (including phenoxy) is 1. The molecule has 1 saturated carbocycles. The molecule has 3 heteroatoms. The van der Waals surface area contributed by atoms with Gasteiger partial charge in [-0.15, -0.1) is 0 Å². The largest absolute Gasteiger partial charge is 0.481 e. The molecule has 0 saturated heterocycles. The van der Waals surface area contributed by atoms with Gasteiger partial charge in [0.1, 0.15) is 0 Å². The Kier molecular flexibility index (Phi) is 3.05. The molecule has 1 aromatic rings. The van der Waals surface area contributed by atoms with Crippen LogP contribution in [0.2, 0.25) is 0 Å². The Morgan fingerprint density at radius 1 is 1.50 bits per heavy atom. The van der Waals surface area contributed by atoms with Crippen molar-refractivity contribution in [1.29, 1.82) is 0 Å². The van der Waals surface area contributed by atoms with E-state index in [1.807, 2.05) is 6.07 Å². The molecule has 1 unspecified atom stereocenters. The molecule has 0 N–H and O–H groups in total. The second-order valence-electron chi connectivity index (χ2n) is 6.01. The van der Waals surface area contributed by atoms with Gasteiger partial charge in [0.25, 0.3) is 5.54 Å². The summed E-state index contributed by atoms with van der Waals surface area (Å²) in [5, 5.41) is 0. The predicted octanol–water partition coefficient (Wildman–Crippen LogP) is 3.75. The Balaban J connectivity index is 2.23. The molecule has 1 heterocycles. The van der Waals surface area contributed by atoms with Gasteiger partial charge >= 0.3 is 0 Å². The summed E-state index contributed by atoms with van der Waals surface area (Å²) in [5.41, 5.74) is 2.99. The number of allylic oxidation sites excluding steroid dienone is 1. The van der Waals surface area contributed by atoms with Crippen LogP contribution < -0.4 is 4.74 Å². The van der Waals surface area contributed by atoms with E-state index in [4.69, 9.17) is 11.3 Å². The van der Waals surface area contributed by atoms with Crippen molar-refractivity contribution >= 4 is 0 Å². The van der Waals surface area contributed by atoms with Gasteiger partial charge in [0, 0.05) is 18.1 Å². The zero-order valence-electron chi connectivity index (χ0n) is 12.3. The van der Waals surface area contributed by atoms with Crippen molar-refractivity contribution in [2.45, 2.75) is 38.6 Å². The summed E-state index contributed by atoms with van der Waals surface area (Å²) in [6.07, 6.45) is 5.18. The topological polar surface area (TPSA) is 26.5 Å². The maximum atomic E-state index is 7.85. The van der Waals surface area contributed by atoms with E-state index in [1.54, 1.807) is 7.11 Å². The Hall–Kier alpha value is -1.82. The van der Waals surface area contributed by atoms with Crippen molar-refractivity contribution in [2.24, 2.45) is 11.8 Å². The lowest BCUT2D eigenvalue weighted by atomic mass is 9.60. The number of hydrogen-bond donors (Lipinski definition) is 0. The van der Waals surface area contributed by atoms with Gasteiger partial charge in [-0.2, -0.15) is 0 Å². The smallest absolute Gasteiger partial charge is 0.280 e. The third-order valence-corrected chi connectivity index (χ3v) is 4.79. The summed E-state index contributed by atoms with van der Waals surface area (Å²) in [6.45, 7) is 12.2. The highest BCUT2D eigenvalue weighted by molar-refractivity contribution is 5.49. The number of hydrogen-bond acceptors (Lipinski definition) is 2. The van der Waals surface area contributed by atoms with Crippen LogP contribution in [0.25, 0.3) is 4.85 Å². The van der Waals surface area contributed by atoms with E-state index in [-0.39, 0.29) is 0 Å². The van der Waals surface area contributed by atoms with Gasteiger partial charge in [-0.1, -0.05) is 13.0 Å². The zero-order chi connectivity index (χ0) is 14.3. The van der Waals surface area contributed by atoms with Crippen molar-refractivity contribution in [2.75, 3.05) is 7.11 Å². The average molecular weight is 268 g/mol.